The Morgan fingerprint density at radius 3 is 2.54 bits per heavy atom. The maximum Gasteiger partial charge on any atom is 0.338 e. The highest BCUT2D eigenvalue weighted by Gasteiger charge is 2.36. The molecule has 6 aromatic rings. The van der Waals surface area contributed by atoms with Crippen LogP contribution in [0.3, 0.4) is 0 Å². The molecule has 1 aliphatic heterocycles. The number of allylic oxidation sites excluding steroid dienone is 1. The molecule has 9 nitrogen and oxygen atoms in total. The summed E-state index contributed by atoms with van der Waals surface area (Å²) in [5.41, 5.74) is 2.79. The lowest BCUT2D eigenvalue weighted by Gasteiger charge is -2.27. The molecule has 0 bridgehead atoms. The van der Waals surface area contributed by atoms with Gasteiger partial charge in [0, 0.05) is 28.2 Å². The number of aromatic nitrogens is 2. The molecule has 0 fully saturated rings. The van der Waals surface area contributed by atoms with Crippen LogP contribution in [0.1, 0.15) is 31.0 Å². The molecule has 0 radical (unpaired) electrons. The van der Waals surface area contributed by atoms with Gasteiger partial charge in [0.2, 0.25) is 0 Å². The van der Waals surface area contributed by atoms with E-state index in [-0.39, 0.29) is 30.1 Å². The number of carbonyl (C=O) groups excluding carboxylic acids is 1. The van der Waals surface area contributed by atoms with Crippen LogP contribution in [-0.2, 0) is 16.1 Å². The van der Waals surface area contributed by atoms with Gasteiger partial charge in [0.05, 0.1) is 43.2 Å². The first kappa shape index (κ1) is 32.8. The zero-order valence-corrected chi connectivity index (χ0v) is 28.8. The number of para-hydroxylation sites is 2. The summed E-state index contributed by atoms with van der Waals surface area (Å²) in [6, 6.07) is 22.7. The Morgan fingerprint density at radius 2 is 1.76 bits per heavy atom. The standard InChI is InChI=1S/C39H34FN3O6S/c1-5-48-38(45)34-23(2)41-39-43(36(34)35-28-21-26(46-3)16-14-24(28)15-17-32(35)47-4)37(44)33(50-39)20-25-22-42(30-12-8-6-10-27(25)30)18-19-49-31-13-9-7-11-29(31)40/h6-17,20-22,36H,5,18-19H2,1-4H3/b33-20-/t36-/m0/s1. The van der Waals surface area contributed by atoms with Crippen molar-refractivity contribution in [3.8, 4) is 17.2 Å². The van der Waals surface area contributed by atoms with Gasteiger partial charge in [-0.2, -0.15) is 0 Å². The Morgan fingerprint density at radius 1 is 0.980 bits per heavy atom. The lowest BCUT2D eigenvalue weighted by molar-refractivity contribution is -0.139. The summed E-state index contributed by atoms with van der Waals surface area (Å²) >= 11 is 1.25. The number of rotatable bonds is 10. The molecule has 0 aliphatic carbocycles. The molecule has 4 aromatic carbocycles. The van der Waals surface area contributed by atoms with E-state index >= 15 is 0 Å². The van der Waals surface area contributed by atoms with Crippen LogP contribution in [0.4, 0.5) is 4.39 Å². The molecule has 254 valence electrons. The van der Waals surface area contributed by atoms with Crippen molar-refractivity contribution >= 4 is 45.1 Å². The summed E-state index contributed by atoms with van der Waals surface area (Å²) in [5, 5.41) is 2.58. The van der Waals surface area contributed by atoms with Crippen molar-refractivity contribution in [3.05, 3.63) is 133 Å². The largest absolute Gasteiger partial charge is 0.497 e. The van der Waals surface area contributed by atoms with Crippen LogP contribution < -0.4 is 29.1 Å². The van der Waals surface area contributed by atoms with Gasteiger partial charge in [-0.05, 0) is 67.1 Å². The van der Waals surface area contributed by atoms with Gasteiger partial charge in [0.1, 0.15) is 24.1 Å². The average molecular weight is 692 g/mol. The molecule has 3 heterocycles. The first-order valence-corrected chi connectivity index (χ1v) is 16.9. The van der Waals surface area contributed by atoms with Gasteiger partial charge >= 0.3 is 5.97 Å². The molecular weight excluding hydrogens is 658 g/mol. The molecule has 0 spiro atoms. The number of methoxy groups -OCH3 is 2. The number of hydrogen-bond acceptors (Lipinski definition) is 8. The van der Waals surface area contributed by atoms with Crippen molar-refractivity contribution in [2.45, 2.75) is 26.4 Å². The lowest BCUT2D eigenvalue weighted by Crippen LogP contribution is -2.40. The molecule has 1 aliphatic rings. The van der Waals surface area contributed by atoms with E-state index in [1.165, 1.54) is 17.4 Å². The van der Waals surface area contributed by atoms with E-state index in [1.54, 1.807) is 50.8 Å². The van der Waals surface area contributed by atoms with E-state index in [4.69, 9.17) is 23.9 Å². The van der Waals surface area contributed by atoms with Gasteiger partial charge < -0.3 is 23.5 Å². The van der Waals surface area contributed by atoms with E-state index in [0.29, 0.717) is 38.6 Å². The Balaban J connectivity index is 1.38. The zero-order valence-electron chi connectivity index (χ0n) is 27.9. The summed E-state index contributed by atoms with van der Waals surface area (Å²) in [5.74, 6) is 0.339. The molecule has 0 N–H and O–H groups in total. The molecule has 7 rings (SSSR count). The summed E-state index contributed by atoms with van der Waals surface area (Å²) in [4.78, 5) is 33.4. The lowest BCUT2D eigenvalue weighted by atomic mass is 9.90. The number of carbonyl (C=O) groups is 1. The third-order valence-corrected chi connectivity index (χ3v) is 9.76. The average Bonchev–Trinajstić information content (AvgIpc) is 3.63. The number of halogens is 1. The van der Waals surface area contributed by atoms with Crippen LogP contribution >= 0.6 is 11.3 Å². The first-order chi connectivity index (χ1) is 24.3. The van der Waals surface area contributed by atoms with E-state index in [2.05, 4.69) is 0 Å². The van der Waals surface area contributed by atoms with Crippen molar-refractivity contribution in [1.82, 2.24) is 9.13 Å². The van der Waals surface area contributed by atoms with Crippen molar-refractivity contribution in [3.63, 3.8) is 0 Å². The molecule has 11 heteroatoms. The third-order valence-electron chi connectivity index (χ3n) is 8.77. The van der Waals surface area contributed by atoms with E-state index < -0.39 is 17.8 Å². The van der Waals surface area contributed by atoms with Crippen molar-refractivity contribution in [2.75, 3.05) is 27.4 Å². The summed E-state index contributed by atoms with van der Waals surface area (Å²) < 4.78 is 40.9. The van der Waals surface area contributed by atoms with Gasteiger partial charge in [0.15, 0.2) is 16.4 Å². The minimum atomic E-state index is -0.893. The fourth-order valence-corrected chi connectivity index (χ4v) is 7.52. The summed E-state index contributed by atoms with van der Waals surface area (Å²) in [6.07, 6.45) is 3.81. The summed E-state index contributed by atoms with van der Waals surface area (Å²) in [6.45, 7) is 4.35. The van der Waals surface area contributed by atoms with Gasteiger partial charge in [-0.25, -0.2) is 14.2 Å². The summed E-state index contributed by atoms with van der Waals surface area (Å²) in [7, 11) is 3.15. The number of thiazole rings is 1. The minimum absolute atomic E-state index is 0.155. The monoisotopic (exact) mass is 691 g/mol. The van der Waals surface area contributed by atoms with Crippen molar-refractivity contribution in [2.24, 2.45) is 4.99 Å². The van der Waals surface area contributed by atoms with Crippen LogP contribution in [0, 0.1) is 5.82 Å². The second-order valence-corrected chi connectivity index (χ2v) is 12.7. The van der Waals surface area contributed by atoms with E-state index in [9.17, 15) is 14.0 Å². The number of esters is 1. The van der Waals surface area contributed by atoms with Crippen LogP contribution in [0.2, 0.25) is 0 Å². The second-order valence-electron chi connectivity index (χ2n) is 11.6. The quantitative estimate of drug-likeness (QED) is 0.160. The Kier molecular flexibility index (Phi) is 8.98. The highest BCUT2D eigenvalue weighted by molar-refractivity contribution is 7.07. The highest BCUT2D eigenvalue weighted by atomic mass is 32.1. The number of fused-ring (bicyclic) bond motifs is 3. The smallest absolute Gasteiger partial charge is 0.338 e. The molecule has 0 saturated carbocycles. The molecule has 1 atom stereocenters. The number of benzene rings is 4. The maximum absolute atomic E-state index is 14.6. The van der Waals surface area contributed by atoms with Crippen molar-refractivity contribution in [1.29, 1.82) is 0 Å². The second kappa shape index (κ2) is 13.7. The van der Waals surface area contributed by atoms with E-state index in [0.717, 1.165) is 27.2 Å². The molecule has 0 saturated heterocycles. The fraction of sp³-hybridized carbons (Fsp3) is 0.205. The molecular formula is C39H34FN3O6S. The molecule has 2 aromatic heterocycles. The fourth-order valence-electron chi connectivity index (χ4n) is 6.49. The first-order valence-electron chi connectivity index (χ1n) is 16.1. The number of hydrogen-bond donors (Lipinski definition) is 0. The van der Waals surface area contributed by atoms with Gasteiger partial charge in [0.25, 0.3) is 5.56 Å². The van der Waals surface area contributed by atoms with Crippen molar-refractivity contribution < 1.29 is 28.1 Å². The number of ether oxygens (including phenoxy) is 4. The van der Waals surface area contributed by atoms with E-state index in [1.807, 2.05) is 71.4 Å². The highest BCUT2D eigenvalue weighted by Crippen LogP contribution is 2.41. The topological polar surface area (TPSA) is 93.3 Å². The van der Waals surface area contributed by atoms with Gasteiger partial charge in [-0.15, -0.1) is 0 Å². The van der Waals surface area contributed by atoms with Gasteiger partial charge in [-0.3, -0.25) is 9.36 Å². The normalized spacial score (nSPS) is 14.5. The Bertz CT molecular complexity index is 2490. The molecule has 50 heavy (non-hydrogen) atoms. The minimum Gasteiger partial charge on any atom is -0.497 e. The Hall–Kier alpha value is -5.68. The van der Waals surface area contributed by atoms with Crippen LogP contribution in [0.25, 0.3) is 27.8 Å². The predicted molar refractivity (Wildman–Crippen MR) is 191 cm³/mol. The zero-order chi connectivity index (χ0) is 34.9. The Labute approximate surface area is 290 Å². The van der Waals surface area contributed by atoms with Crippen LogP contribution in [0.5, 0.6) is 17.2 Å². The third kappa shape index (κ3) is 5.83. The van der Waals surface area contributed by atoms with Gasteiger partial charge in [-0.1, -0.05) is 53.8 Å². The predicted octanol–water partition coefficient (Wildman–Crippen LogP) is 6.14. The number of nitrogens with zero attached hydrogens (tertiary/aromatic N) is 3. The van der Waals surface area contributed by atoms with Crippen LogP contribution in [-0.4, -0.2) is 42.5 Å². The SMILES string of the molecule is CCOC(=O)C1=C(C)N=c2s/c(=C\c3cn(CCOc4ccccc4F)c4ccccc34)c(=O)n2[C@@H]1c1c(OC)ccc2ccc(OC)cc12. The maximum atomic E-state index is 14.6. The van der Waals surface area contributed by atoms with Crippen LogP contribution in [0.15, 0.2) is 106 Å². The molecule has 0 unspecified atom stereocenters. The molecule has 0 amide bonds.